The molecule has 0 radical (unpaired) electrons. The number of aliphatic imine (C=N–C) groups is 1. The maximum absolute atomic E-state index is 12.6. The summed E-state index contributed by atoms with van der Waals surface area (Å²) in [6.45, 7) is 0.544. The lowest BCUT2D eigenvalue weighted by Gasteiger charge is -2.18. The molecule has 1 amide bonds. The number of hydrogen-bond acceptors (Lipinski definition) is 5. The zero-order valence-electron chi connectivity index (χ0n) is 18.2. The second kappa shape index (κ2) is 8.33. The number of para-hydroxylation sites is 1. The Kier molecular flexibility index (Phi) is 4.88. The van der Waals surface area contributed by atoms with E-state index in [4.69, 9.17) is 9.41 Å². The van der Waals surface area contributed by atoms with E-state index in [-0.39, 0.29) is 11.5 Å². The number of carbonyl (C=O) groups excluding carboxylic acids is 1. The van der Waals surface area contributed by atoms with Gasteiger partial charge in [0.2, 0.25) is 5.55 Å². The van der Waals surface area contributed by atoms with Gasteiger partial charge in [0.25, 0.3) is 5.91 Å². The molecule has 0 saturated carbocycles. The number of nitrogens with zero attached hydrogens (tertiary/aromatic N) is 2. The van der Waals surface area contributed by atoms with E-state index in [9.17, 15) is 4.79 Å². The summed E-state index contributed by atoms with van der Waals surface area (Å²) in [5.41, 5.74) is 6.87. The number of amides is 1. The summed E-state index contributed by atoms with van der Waals surface area (Å²) >= 11 is 0. The number of carbonyl (C=O) groups is 1. The van der Waals surface area contributed by atoms with Crippen molar-refractivity contribution in [2.24, 2.45) is 10.1 Å². The molecule has 1 aliphatic rings. The zero-order chi connectivity index (χ0) is 22.9. The molecule has 2 N–H and O–H groups in total. The lowest BCUT2D eigenvalue weighted by Crippen LogP contribution is -2.28. The molecule has 1 aromatic heterocycles. The highest BCUT2D eigenvalue weighted by atomic mass is 16.3. The average Bonchev–Trinajstić information content (AvgIpc) is 2.91. The Morgan fingerprint density at radius 2 is 1.68 bits per heavy atom. The standard InChI is InChI=1S/C28H20N4O2/c33-27(19-9-2-1-3-10-19)31-32-28-23(26-29-17-20-11-5-7-13-24(20)30-26)16-22-21-12-6-4-8-18(21)14-15-25(22)34-28/h1-16H,17H2,(H,29,30)(H,31,33)/b32-28-. The van der Waals surface area contributed by atoms with Gasteiger partial charge in [0.05, 0.1) is 12.1 Å². The van der Waals surface area contributed by atoms with Crippen LogP contribution in [-0.2, 0) is 6.54 Å². The molecule has 6 heteroatoms. The van der Waals surface area contributed by atoms with Crippen LogP contribution in [0.2, 0.25) is 0 Å². The Labute approximate surface area is 195 Å². The molecule has 0 atom stereocenters. The number of fused-ring (bicyclic) bond motifs is 4. The molecule has 1 aliphatic heterocycles. The molecule has 2 heterocycles. The highest BCUT2D eigenvalue weighted by Crippen LogP contribution is 2.27. The quantitative estimate of drug-likeness (QED) is 0.296. The van der Waals surface area contributed by atoms with Crippen LogP contribution in [0.25, 0.3) is 21.7 Å². The van der Waals surface area contributed by atoms with Gasteiger partial charge < -0.3 is 9.73 Å². The minimum absolute atomic E-state index is 0.276. The second-order valence-corrected chi connectivity index (χ2v) is 8.03. The molecule has 5 aromatic rings. The third-order valence-corrected chi connectivity index (χ3v) is 5.88. The topological polar surface area (TPSA) is 79.0 Å². The van der Waals surface area contributed by atoms with Crippen molar-refractivity contribution >= 4 is 39.2 Å². The van der Waals surface area contributed by atoms with Crippen molar-refractivity contribution in [2.75, 3.05) is 5.32 Å². The van der Waals surface area contributed by atoms with Crippen LogP contribution < -0.4 is 16.3 Å². The van der Waals surface area contributed by atoms with Crippen molar-refractivity contribution in [1.29, 1.82) is 0 Å². The molecule has 0 bridgehead atoms. The summed E-state index contributed by atoms with van der Waals surface area (Å²) in [4.78, 5) is 17.4. The van der Waals surface area contributed by atoms with Crippen LogP contribution in [0.15, 0.2) is 112 Å². The highest BCUT2D eigenvalue weighted by molar-refractivity contribution is 6.13. The largest absolute Gasteiger partial charge is 0.436 e. The lowest BCUT2D eigenvalue weighted by molar-refractivity contribution is 0.0951. The van der Waals surface area contributed by atoms with Gasteiger partial charge in [-0.2, -0.15) is 0 Å². The molecular formula is C28H20N4O2. The van der Waals surface area contributed by atoms with Crippen LogP contribution in [0, 0.1) is 0 Å². The fourth-order valence-corrected chi connectivity index (χ4v) is 4.15. The van der Waals surface area contributed by atoms with Gasteiger partial charge in [0.15, 0.2) is 0 Å². The Morgan fingerprint density at radius 3 is 2.59 bits per heavy atom. The van der Waals surface area contributed by atoms with Crippen molar-refractivity contribution in [3.8, 4) is 0 Å². The third kappa shape index (κ3) is 3.61. The van der Waals surface area contributed by atoms with E-state index in [0.29, 0.717) is 29.1 Å². The molecule has 0 saturated heterocycles. The van der Waals surface area contributed by atoms with Gasteiger partial charge in [-0.25, -0.2) is 5.43 Å². The molecule has 0 fully saturated rings. The molecule has 6 rings (SSSR count). The van der Waals surface area contributed by atoms with Crippen LogP contribution in [0.5, 0.6) is 0 Å². The Morgan fingerprint density at radius 1 is 0.882 bits per heavy atom. The van der Waals surface area contributed by atoms with E-state index in [1.165, 1.54) is 0 Å². The first-order valence-electron chi connectivity index (χ1n) is 11.0. The summed E-state index contributed by atoms with van der Waals surface area (Å²) in [6.07, 6.45) is 0. The van der Waals surface area contributed by atoms with Gasteiger partial charge in [-0.3, -0.25) is 9.79 Å². The average molecular weight is 444 g/mol. The first-order valence-corrected chi connectivity index (χ1v) is 11.0. The van der Waals surface area contributed by atoms with Crippen LogP contribution in [0.1, 0.15) is 21.5 Å². The number of amidine groups is 1. The van der Waals surface area contributed by atoms with Gasteiger partial charge in [0, 0.05) is 16.6 Å². The van der Waals surface area contributed by atoms with Gasteiger partial charge in [-0.05, 0) is 46.7 Å². The van der Waals surface area contributed by atoms with Gasteiger partial charge in [-0.1, -0.05) is 66.7 Å². The van der Waals surface area contributed by atoms with Crippen molar-refractivity contribution in [1.82, 2.24) is 5.43 Å². The molecule has 34 heavy (non-hydrogen) atoms. The van der Waals surface area contributed by atoms with E-state index < -0.39 is 0 Å². The van der Waals surface area contributed by atoms with E-state index >= 15 is 0 Å². The normalized spacial score (nSPS) is 13.3. The van der Waals surface area contributed by atoms with Gasteiger partial charge in [-0.15, -0.1) is 5.10 Å². The van der Waals surface area contributed by atoms with E-state index in [2.05, 4.69) is 28.0 Å². The number of anilines is 1. The Bertz CT molecular complexity index is 1650. The molecule has 0 spiro atoms. The molecular weight excluding hydrogens is 424 g/mol. The summed E-state index contributed by atoms with van der Waals surface area (Å²) in [5, 5.41) is 10.9. The van der Waals surface area contributed by atoms with Crippen molar-refractivity contribution in [2.45, 2.75) is 6.54 Å². The molecule has 0 aliphatic carbocycles. The molecule has 6 nitrogen and oxygen atoms in total. The monoisotopic (exact) mass is 444 g/mol. The number of hydrogen-bond donors (Lipinski definition) is 2. The number of rotatable bonds is 3. The van der Waals surface area contributed by atoms with Crippen molar-refractivity contribution in [3.63, 3.8) is 0 Å². The Balaban J connectivity index is 1.51. The molecule has 164 valence electrons. The summed E-state index contributed by atoms with van der Waals surface area (Å²) in [5.74, 6) is 0.328. The van der Waals surface area contributed by atoms with Gasteiger partial charge >= 0.3 is 0 Å². The van der Waals surface area contributed by atoms with Crippen LogP contribution >= 0.6 is 0 Å². The smallest absolute Gasteiger partial charge is 0.271 e. The maximum atomic E-state index is 12.6. The van der Waals surface area contributed by atoms with E-state index in [0.717, 1.165) is 27.4 Å². The SMILES string of the molecule is O=C(N/N=c1\oc2ccc3ccccc3c2cc1C1=NCc2ccccc2N1)c1ccccc1. The predicted octanol–water partition coefficient (Wildman–Crippen LogP) is 5.20. The lowest BCUT2D eigenvalue weighted by atomic mass is 10.0. The van der Waals surface area contributed by atoms with Gasteiger partial charge in [0.1, 0.15) is 11.4 Å². The van der Waals surface area contributed by atoms with E-state index in [1.54, 1.807) is 12.1 Å². The van der Waals surface area contributed by atoms with Crippen LogP contribution in [0.4, 0.5) is 5.69 Å². The molecule has 0 unspecified atom stereocenters. The summed E-state index contributed by atoms with van der Waals surface area (Å²) < 4.78 is 6.23. The first-order chi connectivity index (χ1) is 16.8. The van der Waals surface area contributed by atoms with E-state index in [1.807, 2.05) is 72.8 Å². The van der Waals surface area contributed by atoms with Crippen LogP contribution in [0.3, 0.4) is 0 Å². The summed E-state index contributed by atoms with van der Waals surface area (Å²) in [6, 6.07) is 31.1. The second-order valence-electron chi connectivity index (χ2n) is 8.03. The maximum Gasteiger partial charge on any atom is 0.271 e. The predicted molar refractivity (Wildman–Crippen MR) is 133 cm³/mol. The third-order valence-electron chi connectivity index (χ3n) is 5.88. The molecule has 4 aromatic carbocycles. The minimum Gasteiger partial charge on any atom is -0.436 e. The fraction of sp³-hybridized carbons (Fsp3) is 0.0357. The summed E-state index contributed by atoms with van der Waals surface area (Å²) in [7, 11) is 0. The highest BCUT2D eigenvalue weighted by Gasteiger charge is 2.17. The first kappa shape index (κ1) is 19.9. The number of benzene rings is 4. The van der Waals surface area contributed by atoms with Crippen molar-refractivity contribution < 1.29 is 9.21 Å². The Hall–Kier alpha value is -4.71. The fourth-order valence-electron chi connectivity index (χ4n) is 4.15. The van der Waals surface area contributed by atoms with Crippen molar-refractivity contribution in [3.05, 3.63) is 119 Å². The van der Waals surface area contributed by atoms with Crippen LogP contribution in [-0.4, -0.2) is 11.7 Å². The minimum atomic E-state index is -0.316. The zero-order valence-corrected chi connectivity index (χ0v) is 18.2. The number of nitrogens with one attached hydrogen (secondary N) is 2.